The van der Waals surface area contributed by atoms with Crippen LogP contribution in [0.4, 0.5) is 5.69 Å². The molecule has 1 aromatic rings. The number of carbonyl (C=O) groups excluding carboxylic acids is 1. The quantitative estimate of drug-likeness (QED) is 0.669. The number of nitrogens with two attached hydrogens (primary N) is 1. The van der Waals surface area contributed by atoms with Crippen LogP contribution in [0.5, 0.6) is 0 Å². The average molecular weight is 262 g/mol. The molecule has 0 aliphatic heterocycles. The fraction of sp³-hybridized carbons (Fsp3) is 0.562. The number of benzene rings is 1. The highest BCUT2D eigenvalue weighted by Crippen LogP contribution is 2.13. The summed E-state index contributed by atoms with van der Waals surface area (Å²) < 4.78 is 0. The van der Waals surface area contributed by atoms with Gasteiger partial charge in [0.2, 0.25) is 5.91 Å². The molecular weight excluding hydrogens is 236 g/mol. The Hall–Kier alpha value is -1.35. The Morgan fingerprint density at radius 2 is 2.05 bits per heavy atom. The van der Waals surface area contributed by atoms with Crippen LogP contribution < -0.4 is 11.1 Å². The van der Waals surface area contributed by atoms with Crippen molar-refractivity contribution in [2.75, 3.05) is 11.9 Å². The van der Waals surface area contributed by atoms with Crippen LogP contribution in [-0.2, 0) is 11.2 Å². The van der Waals surface area contributed by atoms with E-state index in [0.717, 1.165) is 31.4 Å². The van der Waals surface area contributed by atoms with Crippen molar-refractivity contribution in [1.29, 1.82) is 0 Å². The van der Waals surface area contributed by atoms with Crippen LogP contribution in [0.15, 0.2) is 24.3 Å². The molecule has 1 rings (SSSR count). The van der Waals surface area contributed by atoms with Crippen molar-refractivity contribution in [3.63, 3.8) is 0 Å². The van der Waals surface area contributed by atoms with Gasteiger partial charge in [-0.25, -0.2) is 0 Å². The normalized spacial score (nSPS) is 10.4. The second-order valence-corrected chi connectivity index (χ2v) is 4.95. The molecule has 0 atom stereocenters. The molecule has 1 aromatic carbocycles. The van der Waals surface area contributed by atoms with E-state index in [9.17, 15) is 4.79 Å². The van der Waals surface area contributed by atoms with E-state index in [1.165, 1.54) is 18.4 Å². The summed E-state index contributed by atoms with van der Waals surface area (Å²) in [5.41, 5.74) is 7.63. The fourth-order valence-electron chi connectivity index (χ4n) is 2.05. The van der Waals surface area contributed by atoms with Gasteiger partial charge in [-0.05, 0) is 43.5 Å². The maximum atomic E-state index is 11.8. The van der Waals surface area contributed by atoms with E-state index in [-0.39, 0.29) is 5.91 Å². The summed E-state index contributed by atoms with van der Waals surface area (Å²) in [4.78, 5) is 11.8. The molecule has 3 N–H and O–H groups in total. The van der Waals surface area contributed by atoms with Crippen molar-refractivity contribution in [2.24, 2.45) is 5.73 Å². The van der Waals surface area contributed by atoms with Gasteiger partial charge in [0.15, 0.2) is 0 Å². The highest BCUT2D eigenvalue weighted by Gasteiger charge is 2.02. The summed E-state index contributed by atoms with van der Waals surface area (Å²) in [6.45, 7) is 2.88. The third-order valence-electron chi connectivity index (χ3n) is 3.14. The van der Waals surface area contributed by atoms with E-state index in [4.69, 9.17) is 5.73 Å². The SMILES string of the molecule is CCCCCCC(=O)Nc1cccc(CCCN)c1. The zero-order chi connectivity index (χ0) is 13.9. The van der Waals surface area contributed by atoms with Crippen molar-refractivity contribution >= 4 is 11.6 Å². The zero-order valence-electron chi connectivity index (χ0n) is 12.0. The van der Waals surface area contributed by atoms with E-state index in [1.54, 1.807) is 0 Å². The minimum Gasteiger partial charge on any atom is -0.330 e. The van der Waals surface area contributed by atoms with E-state index < -0.39 is 0 Å². The molecule has 106 valence electrons. The summed E-state index contributed by atoms with van der Waals surface area (Å²) in [6, 6.07) is 8.04. The minimum absolute atomic E-state index is 0.118. The first-order chi connectivity index (χ1) is 9.26. The highest BCUT2D eigenvalue weighted by molar-refractivity contribution is 5.90. The molecule has 0 aliphatic rings. The van der Waals surface area contributed by atoms with Crippen molar-refractivity contribution in [3.05, 3.63) is 29.8 Å². The van der Waals surface area contributed by atoms with Crippen molar-refractivity contribution in [1.82, 2.24) is 0 Å². The Bertz CT molecular complexity index is 377. The second kappa shape index (κ2) is 9.56. The van der Waals surface area contributed by atoms with E-state index >= 15 is 0 Å². The monoisotopic (exact) mass is 262 g/mol. The first-order valence-corrected chi connectivity index (χ1v) is 7.35. The van der Waals surface area contributed by atoms with Crippen LogP contribution in [0.25, 0.3) is 0 Å². The van der Waals surface area contributed by atoms with Gasteiger partial charge in [-0.1, -0.05) is 38.3 Å². The van der Waals surface area contributed by atoms with Crippen LogP contribution in [0, 0.1) is 0 Å². The van der Waals surface area contributed by atoms with Gasteiger partial charge >= 0.3 is 0 Å². The Balaban J connectivity index is 2.36. The second-order valence-electron chi connectivity index (χ2n) is 4.95. The number of hydrogen-bond donors (Lipinski definition) is 2. The maximum absolute atomic E-state index is 11.8. The average Bonchev–Trinajstić information content (AvgIpc) is 2.42. The fourth-order valence-corrected chi connectivity index (χ4v) is 2.05. The molecule has 0 bridgehead atoms. The van der Waals surface area contributed by atoms with Gasteiger partial charge in [0, 0.05) is 12.1 Å². The van der Waals surface area contributed by atoms with Crippen LogP contribution in [0.1, 0.15) is 51.0 Å². The number of unbranched alkanes of at least 4 members (excludes halogenated alkanes) is 3. The molecule has 0 aliphatic carbocycles. The minimum atomic E-state index is 0.118. The van der Waals surface area contributed by atoms with E-state index in [2.05, 4.69) is 18.3 Å². The van der Waals surface area contributed by atoms with E-state index in [0.29, 0.717) is 13.0 Å². The predicted octanol–water partition coefficient (Wildman–Crippen LogP) is 3.49. The Kier molecular flexibility index (Phi) is 7.91. The molecule has 0 heterocycles. The first kappa shape index (κ1) is 15.7. The lowest BCUT2D eigenvalue weighted by Crippen LogP contribution is -2.11. The van der Waals surface area contributed by atoms with Gasteiger partial charge in [-0.2, -0.15) is 0 Å². The number of anilines is 1. The molecule has 0 fully saturated rings. The van der Waals surface area contributed by atoms with Gasteiger partial charge in [0.25, 0.3) is 0 Å². The summed E-state index contributed by atoms with van der Waals surface area (Å²) >= 11 is 0. The van der Waals surface area contributed by atoms with Gasteiger partial charge in [0.1, 0.15) is 0 Å². The molecular formula is C16H26N2O. The predicted molar refractivity (Wildman–Crippen MR) is 81.2 cm³/mol. The number of aryl methyl sites for hydroxylation is 1. The molecule has 0 unspecified atom stereocenters. The summed E-state index contributed by atoms with van der Waals surface area (Å²) in [5, 5.41) is 2.97. The molecule has 3 heteroatoms. The lowest BCUT2D eigenvalue weighted by Gasteiger charge is -2.07. The van der Waals surface area contributed by atoms with Crippen LogP contribution >= 0.6 is 0 Å². The molecule has 3 nitrogen and oxygen atoms in total. The smallest absolute Gasteiger partial charge is 0.224 e. The Labute approximate surface area is 116 Å². The largest absolute Gasteiger partial charge is 0.330 e. The number of carbonyl (C=O) groups is 1. The van der Waals surface area contributed by atoms with Crippen molar-refractivity contribution < 1.29 is 4.79 Å². The topological polar surface area (TPSA) is 55.1 Å². The third-order valence-corrected chi connectivity index (χ3v) is 3.14. The maximum Gasteiger partial charge on any atom is 0.224 e. The van der Waals surface area contributed by atoms with Crippen molar-refractivity contribution in [2.45, 2.75) is 51.9 Å². The molecule has 0 saturated heterocycles. The van der Waals surface area contributed by atoms with Crippen LogP contribution in [0.3, 0.4) is 0 Å². The van der Waals surface area contributed by atoms with Gasteiger partial charge in [-0.3, -0.25) is 4.79 Å². The number of rotatable bonds is 9. The molecule has 0 spiro atoms. The first-order valence-electron chi connectivity index (χ1n) is 7.35. The molecule has 0 aromatic heterocycles. The van der Waals surface area contributed by atoms with Crippen LogP contribution in [-0.4, -0.2) is 12.5 Å². The number of hydrogen-bond acceptors (Lipinski definition) is 2. The molecule has 0 saturated carbocycles. The molecule has 0 radical (unpaired) electrons. The summed E-state index contributed by atoms with van der Waals surface area (Å²) in [7, 11) is 0. The van der Waals surface area contributed by atoms with Crippen LogP contribution in [0.2, 0.25) is 0 Å². The lowest BCUT2D eigenvalue weighted by molar-refractivity contribution is -0.116. The van der Waals surface area contributed by atoms with Gasteiger partial charge in [0.05, 0.1) is 0 Å². The van der Waals surface area contributed by atoms with Gasteiger partial charge < -0.3 is 11.1 Å². The van der Waals surface area contributed by atoms with Crippen molar-refractivity contribution in [3.8, 4) is 0 Å². The number of amides is 1. The Morgan fingerprint density at radius 3 is 2.79 bits per heavy atom. The standard InChI is InChI=1S/C16H26N2O/c1-2-3-4-5-11-16(19)18-15-10-6-8-14(13-15)9-7-12-17/h6,8,10,13H,2-5,7,9,11-12,17H2,1H3,(H,18,19). The number of nitrogens with one attached hydrogen (secondary N) is 1. The summed E-state index contributed by atoms with van der Waals surface area (Å²) in [5.74, 6) is 0.118. The molecule has 19 heavy (non-hydrogen) atoms. The molecule has 1 amide bonds. The highest BCUT2D eigenvalue weighted by atomic mass is 16.1. The van der Waals surface area contributed by atoms with E-state index in [1.807, 2.05) is 18.2 Å². The lowest BCUT2D eigenvalue weighted by atomic mass is 10.1. The third kappa shape index (κ3) is 6.97. The Morgan fingerprint density at radius 1 is 1.21 bits per heavy atom. The zero-order valence-corrected chi connectivity index (χ0v) is 12.0. The van der Waals surface area contributed by atoms with Gasteiger partial charge in [-0.15, -0.1) is 0 Å². The summed E-state index contributed by atoms with van der Waals surface area (Å²) in [6.07, 6.45) is 7.10.